The molecule has 0 aromatic rings. The maximum atomic E-state index is 11.6. The van der Waals surface area contributed by atoms with Crippen molar-refractivity contribution in [2.24, 2.45) is 11.7 Å². The Bertz CT molecular complexity index is 181. The zero-order valence-corrected chi connectivity index (χ0v) is 11.1. The summed E-state index contributed by atoms with van der Waals surface area (Å²) in [4.78, 5) is 11.6. The molecule has 3 N–H and O–H groups in total. The minimum atomic E-state index is 0.184. The van der Waals surface area contributed by atoms with Crippen LogP contribution in [0.15, 0.2) is 0 Å². The van der Waals surface area contributed by atoms with E-state index in [0.29, 0.717) is 18.9 Å². The molecule has 1 amide bonds. The fourth-order valence-corrected chi connectivity index (χ4v) is 1.74. The molecule has 0 fully saturated rings. The lowest BCUT2D eigenvalue weighted by molar-refractivity contribution is -0.122. The van der Waals surface area contributed by atoms with E-state index in [-0.39, 0.29) is 11.9 Å². The molecule has 0 heterocycles. The summed E-state index contributed by atoms with van der Waals surface area (Å²) in [7, 11) is 0. The van der Waals surface area contributed by atoms with E-state index in [1.165, 1.54) is 12.8 Å². The van der Waals surface area contributed by atoms with Crippen molar-refractivity contribution in [3.63, 3.8) is 0 Å². The molecule has 0 aliphatic carbocycles. The summed E-state index contributed by atoms with van der Waals surface area (Å²) in [6.45, 7) is 7.06. The number of amides is 1. The quantitative estimate of drug-likeness (QED) is 0.596. The second kappa shape index (κ2) is 9.64. The van der Waals surface area contributed by atoms with Crippen molar-refractivity contribution >= 4 is 5.91 Å². The Morgan fingerprint density at radius 1 is 1.25 bits per heavy atom. The van der Waals surface area contributed by atoms with Crippen LogP contribution < -0.4 is 11.1 Å². The predicted octanol–water partition coefficient (Wildman–Crippen LogP) is 2.45. The fraction of sp³-hybridized carbons (Fsp3) is 0.923. The second-order valence-electron chi connectivity index (χ2n) is 4.81. The lowest BCUT2D eigenvalue weighted by atomic mass is 10.0. The molecule has 0 rings (SSSR count). The first-order valence-corrected chi connectivity index (χ1v) is 6.61. The van der Waals surface area contributed by atoms with E-state index in [2.05, 4.69) is 26.1 Å². The first kappa shape index (κ1) is 15.4. The van der Waals surface area contributed by atoms with E-state index < -0.39 is 0 Å². The summed E-state index contributed by atoms with van der Waals surface area (Å²) >= 11 is 0. The van der Waals surface area contributed by atoms with Gasteiger partial charge >= 0.3 is 0 Å². The molecule has 3 nitrogen and oxygen atoms in total. The van der Waals surface area contributed by atoms with Crippen LogP contribution >= 0.6 is 0 Å². The molecule has 1 unspecified atom stereocenters. The monoisotopic (exact) mass is 228 g/mol. The number of nitrogens with one attached hydrogen (secondary N) is 1. The molecule has 3 heteroatoms. The van der Waals surface area contributed by atoms with Gasteiger partial charge in [-0.1, -0.05) is 40.0 Å². The van der Waals surface area contributed by atoms with Crippen molar-refractivity contribution in [2.75, 3.05) is 6.54 Å². The van der Waals surface area contributed by atoms with Gasteiger partial charge in [0, 0.05) is 12.5 Å². The maximum Gasteiger partial charge on any atom is 0.220 e. The van der Waals surface area contributed by atoms with Crippen LogP contribution in [-0.2, 0) is 4.79 Å². The Kier molecular flexibility index (Phi) is 9.30. The highest BCUT2D eigenvalue weighted by molar-refractivity contribution is 5.76. The first-order chi connectivity index (χ1) is 7.61. The molecule has 0 radical (unpaired) electrons. The zero-order valence-electron chi connectivity index (χ0n) is 11.1. The molecule has 0 aliphatic heterocycles. The van der Waals surface area contributed by atoms with Crippen LogP contribution in [0, 0.1) is 5.92 Å². The number of carbonyl (C=O) groups excluding carboxylic acids is 1. The van der Waals surface area contributed by atoms with Crippen LogP contribution in [0.4, 0.5) is 0 Å². The van der Waals surface area contributed by atoms with E-state index in [1.807, 2.05) is 0 Å². The topological polar surface area (TPSA) is 55.1 Å². The summed E-state index contributed by atoms with van der Waals surface area (Å²) < 4.78 is 0. The summed E-state index contributed by atoms with van der Waals surface area (Å²) in [6.07, 6.45) is 6.14. The third-order valence-electron chi connectivity index (χ3n) is 2.89. The molecule has 16 heavy (non-hydrogen) atoms. The summed E-state index contributed by atoms with van der Waals surface area (Å²) in [6, 6.07) is 0.240. The van der Waals surface area contributed by atoms with Gasteiger partial charge in [0.1, 0.15) is 0 Å². The van der Waals surface area contributed by atoms with E-state index in [0.717, 1.165) is 19.3 Å². The number of nitrogens with two attached hydrogens (primary N) is 1. The largest absolute Gasteiger partial charge is 0.353 e. The van der Waals surface area contributed by atoms with Crippen LogP contribution in [0.5, 0.6) is 0 Å². The number of hydrogen-bond donors (Lipinski definition) is 2. The molecular weight excluding hydrogens is 200 g/mol. The number of rotatable bonds is 9. The van der Waals surface area contributed by atoms with Gasteiger partial charge in [0.25, 0.3) is 0 Å². The van der Waals surface area contributed by atoms with Crippen molar-refractivity contribution in [2.45, 2.75) is 65.3 Å². The molecule has 0 aliphatic rings. The van der Waals surface area contributed by atoms with Crippen molar-refractivity contribution in [3.8, 4) is 0 Å². The maximum absolute atomic E-state index is 11.6. The smallest absolute Gasteiger partial charge is 0.220 e. The van der Waals surface area contributed by atoms with E-state index in [9.17, 15) is 4.79 Å². The minimum Gasteiger partial charge on any atom is -0.353 e. The minimum absolute atomic E-state index is 0.184. The van der Waals surface area contributed by atoms with Gasteiger partial charge in [0.05, 0.1) is 0 Å². The van der Waals surface area contributed by atoms with Gasteiger partial charge in [-0.05, 0) is 25.3 Å². The molecule has 0 spiro atoms. The van der Waals surface area contributed by atoms with E-state index >= 15 is 0 Å². The standard InChI is InChI=1S/C13H28N2O/c1-4-5-6-7-8-13(16)15-12(9-10-14)11(2)3/h11-12H,4-10,14H2,1-3H3,(H,15,16). The normalized spacial score (nSPS) is 12.8. The third kappa shape index (κ3) is 7.69. The predicted molar refractivity (Wildman–Crippen MR) is 69.2 cm³/mol. The highest BCUT2D eigenvalue weighted by Crippen LogP contribution is 2.07. The Morgan fingerprint density at radius 3 is 2.44 bits per heavy atom. The Balaban J connectivity index is 3.73. The third-order valence-corrected chi connectivity index (χ3v) is 2.89. The molecule has 0 aromatic carbocycles. The first-order valence-electron chi connectivity index (χ1n) is 6.61. The van der Waals surface area contributed by atoms with Gasteiger partial charge in [-0.15, -0.1) is 0 Å². The van der Waals surface area contributed by atoms with Crippen molar-refractivity contribution < 1.29 is 4.79 Å². The van der Waals surface area contributed by atoms with Gasteiger partial charge in [-0.3, -0.25) is 4.79 Å². The molecular formula is C13H28N2O. The summed E-state index contributed by atoms with van der Waals surface area (Å²) in [5.41, 5.74) is 5.53. The van der Waals surface area contributed by atoms with Crippen molar-refractivity contribution in [1.29, 1.82) is 0 Å². The van der Waals surface area contributed by atoms with E-state index in [1.54, 1.807) is 0 Å². The van der Waals surface area contributed by atoms with Crippen molar-refractivity contribution in [3.05, 3.63) is 0 Å². The fourth-order valence-electron chi connectivity index (χ4n) is 1.74. The molecule has 0 aromatic heterocycles. The van der Waals surface area contributed by atoms with Crippen molar-refractivity contribution in [1.82, 2.24) is 5.32 Å². The van der Waals surface area contributed by atoms with Gasteiger partial charge in [0.2, 0.25) is 5.91 Å². The van der Waals surface area contributed by atoms with Gasteiger partial charge < -0.3 is 11.1 Å². The lowest BCUT2D eigenvalue weighted by Gasteiger charge is -2.21. The Hall–Kier alpha value is -0.570. The SMILES string of the molecule is CCCCCCC(=O)NC(CCN)C(C)C. The van der Waals surface area contributed by atoms with Crippen LogP contribution in [0.1, 0.15) is 59.3 Å². The molecule has 96 valence electrons. The van der Waals surface area contributed by atoms with Crippen LogP contribution in [0.25, 0.3) is 0 Å². The highest BCUT2D eigenvalue weighted by atomic mass is 16.1. The molecule has 0 saturated heterocycles. The lowest BCUT2D eigenvalue weighted by Crippen LogP contribution is -2.39. The number of unbranched alkanes of at least 4 members (excludes halogenated alkanes) is 3. The number of hydrogen-bond acceptors (Lipinski definition) is 2. The molecule has 1 atom stereocenters. The Morgan fingerprint density at radius 2 is 1.94 bits per heavy atom. The zero-order chi connectivity index (χ0) is 12.4. The van der Waals surface area contributed by atoms with Crippen LogP contribution in [-0.4, -0.2) is 18.5 Å². The Labute approximate surface area is 100 Å². The summed E-state index contributed by atoms with van der Waals surface area (Å²) in [5, 5.41) is 3.08. The van der Waals surface area contributed by atoms with E-state index in [4.69, 9.17) is 5.73 Å². The van der Waals surface area contributed by atoms with Crippen LogP contribution in [0.3, 0.4) is 0 Å². The van der Waals surface area contributed by atoms with Gasteiger partial charge in [-0.2, -0.15) is 0 Å². The second-order valence-corrected chi connectivity index (χ2v) is 4.81. The summed E-state index contributed by atoms with van der Waals surface area (Å²) in [5.74, 6) is 0.645. The molecule has 0 saturated carbocycles. The molecule has 0 bridgehead atoms. The van der Waals surface area contributed by atoms with Crippen LogP contribution in [0.2, 0.25) is 0 Å². The van der Waals surface area contributed by atoms with Gasteiger partial charge in [0.15, 0.2) is 0 Å². The number of carbonyl (C=O) groups is 1. The average Bonchev–Trinajstić information content (AvgIpc) is 2.23. The van der Waals surface area contributed by atoms with Gasteiger partial charge in [-0.25, -0.2) is 0 Å². The highest BCUT2D eigenvalue weighted by Gasteiger charge is 2.14. The average molecular weight is 228 g/mol.